The zero-order valence-electron chi connectivity index (χ0n) is 8.61. The van der Waals surface area contributed by atoms with E-state index in [1.165, 1.54) is 0 Å². The number of hydrogen-bond acceptors (Lipinski definition) is 3. The van der Waals surface area contributed by atoms with Gasteiger partial charge in [-0.15, -0.1) is 0 Å². The molecule has 0 bridgehead atoms. The molecule has 2 aromatic heterocycles. The number of rotatable bonds is 2. The molecule has 0 radical (unpaired) electrons. The summed E-state index contributed by atoms with van der Waals surface area (Å²) < 4.78 is 1.72. The Kier molecular flexibility index (Phi) is 2.68. The zero-order chi connectivity index (χ0) is 10.8. The first-order chi connectivity index (χ1) is 7.20. The summed E-state index contributed by atoms with van der Waals surface area (Å²) in [5.74, 6) is 0.755. The number of aromatic nitrogens is 4. The van der Waals surface area contributed by atoms with Crippen LogP contribution >= 0.6 is 11.6 Å². The van der Waals surface area contributed by atoms with Gasteiger partial charge in [0, 0.05) is 18.0 Å². The van der Waals surface area contributed by atoms with E-state index in [1.807, 2.05) is 26.1 Å². The van der Waals surface area contributed by atoms with Crippen LogP contribution in [0, 0.1) is 6.92 Å². The summed E-state index contributed by atoms with van der Waals surface area (Å²) in [6.07, 6.45) is 4.46. The zero-order valence-corrected chi connectivity index (χ0v) is 9.36. The van der Waals surface area contributed by atoms with Crippen molar-refractivity contribution < 1.29 is 0 Å². The molecule has 5 heteroatoms. The topological polar surface area (TPSA) is 43.6 Å². The molecule has 0 saturated heterocycles. The lowest BCUT2D eigenvalue weighted by atomic mass is 10.2. The fraction of sp³-hybridized carbons (Fsp3) is 0.300. The van der Waals surface area contributed by atoms with E-state index in [2.05, 4.69) is 15.1 Å². The molecule has 0 fully saturated rings. The van der Waals surface area contributed by atoms with Crippen LogP contribution in [-0.2, 0) is 6.42 Å². The Morgan fingerprint density at radius 1 is 1.47 bits per heavy atom. The van der Waals surface area contributed by atoms with Gasteiger partial charge in [-0.1, -0.05) is 6.92 Å². The first kappa shape index (κ1) is 10.1. The molecule has 0 N–H and O–H groups in total. The van der Waals surface area contributed by atoms with Gasteiger partial charge in [-0.3, -0.25) is 0 Å². The van der Waals surface area contributed by atoms with Crippen LogP contribution in [0.2, 0.25) is 5.28 Å². The molecule has 4 nitrogen and oxygen atoms in total. The molecule has 0 amide bonds. The Morgan fingerprint density at radius 2 is 2.27 bits per heavy atom. The summed E-state index contributed by atoms with van der Waals surface area (Å²) in [5, 5.41) is 4.54. The maximum atomic E-state index is 5.77. The van der Waals surface area contributed by atoms with Gasteiger partial charge >= 0.3 is 0 Å². The van der Waals surface area contributed by atoms with E-state index in [4.69, 9.17) is 11.6 Å². The second-order valence-electron chi connectivity index (χ2n) is 3.24. The molecular weight excluding hydrogens is 212 g/mol. The standard InChI is InChI=1S/C10H11ClN4/c1-3-8-6-12-10(11)13-9(8)15-5-4-7(2)14-15/h4-6H,3H2,1-2H3. The quantitative estimate of drug-likeness (QED) is 0.732. The van der Waals surface area contributed by atoms with Gasteiger partial charge in [0.25, 0.3) is 0 Å². The van der Waals surface area contributed by atoms with E-state index in [1.54, 1.807) is 10.9 Å². The first-order valence-electron chi connectivity index (χ1n) is 4.74. The molecule has 0 unspecified atom stereocenters. The van der Waals surface area contributed by atoms with Crippen LogP contribution in [0.1, 0.15) is 18.2 Å². The third-order valence-corrected chi connectivity index (χ3v) is 2.31. The van der Waals surface area contributed by atoms with Crippen molar-refractivity contribution in [3.05, 3.63) is 35.0 Å². The minimum absolute atomic E-state index is 0.246. The normalized spacial score (nSPS) is 10.6. The van der Waals surface area contributed by atoms with Crippen LogP contribution in [-0.4, -0.2) is 19.7 Å². The van der Waals surface area contributed by atoms with Crippen molar-refractivity contribution in [2.45, 2.75) is 20.3 Å². The van der Waals surface area contributed by atoms with Crippen LogP contribution in [0.5, 0.6) is 0 Å². The van der Waals surface area contributed by atoms with Gasteiger partial charge in [0.15, 0.2) is 5.82 Å². The lowest BCUT2D eigenvalue weighted by Gasteiger charge is -2.05. The molecule has 78 valence electrons. The van der Waals surface area contributed by atoms with Crippen molar-refractivity contribution in [2.24, 2.45) is 0 Å². The maximum absolute atomic E-state index is 5.77. The van der Waals surface area contributed by atoms with Gasteiger partial charge < -0.3 is 0 Å². The second-order valence-corrected chi connectivity index (χ2v) is 3.58. The Morgan fingerprint density at radius 3 is 2.87 bits per heavy atom. The molecule has 0 aliphatic carbocycles. The van der Waals surface area contributed by atoms with E-state index in [9.17, 15) is 0 Å². The van der Waals surface area contributed by atoms with Crippen LogP contribution in [0.4, 0.5) is 0 Å². The predicted molar refractivity (Wildman–Crippen MR) is 58.3 cm³/mol. The highest BCUT2D eigenvalue weighted by Crippen LogP contribution is 2.13. The van der Waals surface area contributed by atoms with Crippen molar-refractivity contribution in [3.63, 3.8) is 0 Å². The molecule has 0 spiro atoms. The number of nitrogens with zero attached hydrogens (tertiary/aromatic N) is 4. The lowest BCUT2D eigenvalue weighted by Crippen LogP contribution is -2.04. The van der Waals surface area contributed by atoms with Gasteiger partial charge in [0.05, 0.1) is 5.69 Å². The average Bonchev–Trinajstić information content (AvgIpc) is 2.65. The molecule has 0 aliphatic rings. The summed E-state index contributed by atoms with van der Waals surface area (Å²) in [5.41, 5.74) is 1.98. The summed E-state index contributed by atoms with van der Waals surface area (Å²) >= 11 is 5.77. The summed E-state index contributed by atoms with van der Waals surface area (Å²) in [6.45, 7) is 3.98. The minimum Gasteiger partial charge on any atom is -0.226 e. The summed E-state index contributed by atoms with van der Waals surface area (Å²) in [4.78, 5) is 8.14. The predicted octanol–water partition coefficient (Wildman–Crippen LogP) is 2.19. The highest BCUT2D eigenvalue weighted by molar-refractivity contribution is 6.28. The van der Waals surface area contributed by atoms with Gasteiger partial charge in [0.1, 0.15) is 0 Å². The first-order valence-corrected chi connectivity index (χ1v) is 5.12. The van der Waals surface area contributed by atoms with Crippen LogP contribution in [0.15, 0.2) is 18.5 Å². The summed E-state index contributed by atoms with van der Waals surface area (Å²) in [6, 6.07) is 1.93. The molecule has 0 aromatic carbocycles. The fourth-order valence-corrected chi connectivity index (χ4v) is 1.49. The van der Waals surface area contributed by atoms with E-state index < -0.39 is 0 Å². The smallest absolute Gasteiger partial charge is 0.224 e. The van der Waals surface area contributed by atoms with E-state index in [0.29, 0.717) is 0 Å². The number of halogens is 1. The lowest BCUT2D eigenvalue weighted by molar-refractivity contribution is 0.807. The van der Waals surface area contributed by atoms with Crippen LogP contribution < -0.4 is 0 Å². The molecule has 2 heterocycles. The monoisotopic (exact) mass is 222 g/mol. The molecule has 0 atom stereocenters. The third kappa shape index (κ3) is 1.99. The van der Waals surface area contributed by atoms with Crippen LogP contribution in [0.25, 0.3) is 5.82 Å². The summed E-state index contributed by atoms with van der Waals surface area (Å²) in [7, 11) is 0. The van der Waals surface area contributed by atoms with Crippen molar-refractivity contribution in [3.8, 4) is 5.82 Å². The average molecular weight is 223 g/mol. The number of aryl methyl sites for hydroxylation is 2. The molecule has 2 aromatic rings. The largest absolute Gasteiger partial charge is 0.226 e. The Bertz CT molecular complexity index is 478. The maximum Gasteiger partial charge on any atom is 0.224 e. The van der Waals surface area contributed by atoms with Crippen molar-refractivity contribution >= 4 is 11.6 Å². The Balaban J connectivity index is 2.55. The van der Waals surface area contributed by atoms with E-state index >= 15 is 0 Å². The van der Waals surface area contributed by atoms with E-state index in [-0.39, 0.29) is 5.28 Å². The van der Waals surface area contributed by atoms with Gasteiger partial charge in [-0.25, -0.2) is 9.67 Å². The van der Waals surface area contributed by atoms with Crippen molar-refractivity contribution in [2.75, 3.05) is 0 Å². The third-order valence-electron chi connectivity index (χ3n) is 2.13. The molecule has 2 rings (SSSR count). The van der Waals surface area contributed by atoms with Crippen molar-refractivity contribution in [1.82, 2.24) is 19.7 Å². The highest BCUT2D eigenvalue weighted by atomic mass is 35.5. The second kappa shape index (κ2) is 3.98. The van der Waals surface area contributed by atoms with Crippen LogP contribution in [0.3, 0.4) is 0 Å². The minimum atomic E-state index is 0.246. The Labute approximate surface area is 92.9 Å². The van der Waals surface area contributed by atoms with E-state index in [0.717, 1.165) is 23.5 Å². The number of hydrogen-bond donors (Lipinski definition) is 0. The SMILES string of the molecule is CCc1cnc(Cl)nc1-n1ccc(C)n1. The molecule has 15 heavy (non-hydrogen) atoms. The van der Waals surface area contributed by atoms with Gasteiger partial charge in [0.2, 0.25) is 5.28 Å². The van der Waals surface area contributed by atoms with Gasteiger partial charge in [-0.05, 0) is 31.0 Å². The molecular formula is C10H11ClN4. The highest BCUT2D eigenvalue weighted by Gasteiger charge is 2.07. The Hall–Kier alpha value is -1.42. The molecule has 0 saturated carbocycles. The van der Waals surface area contributed by atoms with Gasteiger partial charge in [-0.2, -0.15) is 10.1 Å². The molecule has 0 aliphatic heterocycles. The fourth-order valence-electron chi connectivity index (χ4n) is 1.36. The van der Waals surface area contributed by atoms with Crippen molar-refractivity contribution in [1.29, 1.82) is 0 Å².